The fraction of sp³-hybridized carbons (Fsp3) is 0.282. The summed E-state index contributed by atoms with van der Waals surface area (Å²) in [5, 5.41) is 7.81. The summed E-state index contributed by atoms with van der Waals surface area (Å²) in [5.41, 5.74) is 6.47. The van der Waals surface area contributed by atoms with Crippen LogP contribution in [0.2, 0.25) is 0 Å². The molecule has 1 aromatic heterocycles. The fourth-order valence-electron chi connectivity index (χ4n) is 7.66. The number of aromatic nitrogens is 2. The van der Waals surface area contributed by atoms with Gasteiger partial charge in [0.1, 0.15) is 17.0 Å². The number of benzene rings is 4. The van der Waals surface area contributed by atoms with Crippen molar-refractivity contribution in [1.29, 1.82) is 0 Å². The molecule has 5 aromatic rings. The predicted molar refractivity (Wildman–Crippen MR) is 188 cm³/mol. The van der Waals surface area contributed by atoms with Crippen LogP contribution in [0.1, 0.15) is 72.1 Å². The van der Waals surface area contributed by atoms with Crippen molar-refractivity contribution in [2.75, 3.05) is 11.9 Å². The molecule has 2 heterocycles. The minimum atomic E-state index is -3.80. The van der Waals surface area contributed by atoms with Crippen molar-refractivity contribution >= 4 is 21.6 Å². The van der Waals surface area contributed by atoms with E-state index in [-0.39, 0.29) is 4.90 Å². The molecule has 0 radical (unpaired) electrons. The predicted octanol–water partition coefficient (Wildman–Crippen LogP) is 7.71. The summed E-state index contributed by atoms with van der Waals surface area (Å²) in [5.74, 6) is 0.683. The third kappa shape index (κ3) is 4.82. The summed E-state index contributed by atoms with van der Waals surface area (Å²) in [4.78, 5) is 14.5. The second-order valence-corrected chi connectivity index (χ2v) is 15.6. The molecule has 9 heteroatoms. The molecule has 1 aliphatic heterocycles. The Balaban J connectivity index is 1.35. The van der Waals surface area contributed by atoms with E-state index in [0.29, 0.717) is 18.4 Å². The average molecular weight is 658 g/mol. The highest BCUT2D eigenvalue weighted by Crippen LogP contribution is 2.47. The summed E-state index contributed by atoms with van der Waals surface area (Å²) in [6.45, 7) is 6.56. The summed E-state index contributed by atoms with van der Waals surface area (Å²) in [6.07, 6.45) is 5.49. The zero-order valence-corrected chi connectivity index (χ0v) is 28.2. The lowest BCUT2D eigenvalue weighted by atomic mass is 9.75. The van der Waals surface area contributed by atoms with Crippen LogP contribution in [0.5, 0.6) is 5.88 Å². The highest BCUT2D eigenvalue weighted by molar-refractivity contribution is 7.92. The molecule has 0 unspecified atom stereocenters. The topological polar surface area (TPSA) is 97.6 Å². The van der Waals surface area contributed by atoms with Gasteiger partial charge in [0, 0.05) is 5.69 Å². The highest BCUT2D eigenvalue weighted by atomic mass is 32.2. The van der Waals surface area contributed by atoms with E-state index < -0.39 is 27.0 Å². The molecule has 2 atom stereocenters. The maximum atomic E-state index is 15.9. The lowest BCUT2D eigenvalue weighted by molar-refractivity contribution is 0.256. The molecule has 2 aliphatic carbocycles. The Morgan fingerprint density at radius 1 is 0.938 bits per heavy atom. The van der Waals surface area contributed by atoms with Gasteiger partial charge >= 0.3 is 6.03 Å². The number of nitrogens with one attached hydrogen (secondary N) is 2. The number of rotatable bonds is 7. The number of hydrogen-bond donors (Lipinski definition) is 2. The van der Waals surface area contributed by atoms with Crippen LogP contribution in [0.3, 0.4) is 0 Å². The van der Waals surface area contributed by atoms with E-state index in [4.69, 9.17) is 9.10 Å². The first-order valence-corrected chi connectivity index (χ1v) is 18.1. The maximum Gasteiger partial charge on any atom is 0.331 e. The molecular formula is C39H39N5O3S. The van der Waals surface area contributed by atoms with Gasteiger partial charge < -0.3 is 10.1 Å². The van der Waals surface area contributed by atoms with Crippen LogP contribution >= 0.6 is 0 Å². The van der Waals surface area contributed by atoms with Crippen LogP contribution in [0, 0.1) is 0 Å². The van der Waals surface area contributed by atoms with Crippen molar-refractivity contribution in [3.63, 3.8) is 0 Å². The first-order chi connectivity index (χ1) is 23.2. The molecule has 0 saturated heterocycles. The number of urea groups is 1. The second kappa shape index (κ2) is 11.4. The standard InChI is InChI=1S/C39H39N5O3S/c1-26-22-28-23-27-14-13-21-32(27)35(34(26)28)41-37(45)42-48(46,33-24-40-44-36(33)47-25-38(44,2)3)43-39(29-15-7-4-8-16-29,30-17-9-5-10-18-30)31-19-11-6-12-20-31/h4-12,15-20,23-24,26H,13-14,21-22,25H2,1-3H3,(H2,41,42,43,45,46)/t26-,48-/m1/s1. The molecule has 0 spiro atoms. The molecule has 2 amide bonds. The Bertz CT molecular complexity index is 2050. The SMILES string of the molecule is C[C@@H]1Cc2cc3c(c(NC(=O)N[S@@](=O)(=NC(c4ccccc4)(c4ccccc4)c4ccccc4)c4cnn5c4OCC5(C)C)c21)CCC3. The number of anilines is 1. The van der Waals surface area contributed by atoms with E-state index in [0.717, 1.165) is 48.1 Å². The second-order valence-electron chi connectivity index (χ2n) is 13.7. The van der Waals surface area contributed by atoms with Crippen molar-refractivity contribution < 1.29 is 13.7 Å². The molecule has 8 rings (SSSR count). The molecule has 8 nitrogen and oxygen atoms in total. The smallest absolute Gasteiger partial charge is 0.331 e. The summed E-state index contributed by atoms with van der Waals surface area (Å²) >= 11 is 0. The number of nitrogens with zero attached hydrogens (tertiary/aromatic N) is 3. The average Bonchev–Trinajstić information content (AvgIpc) is 3.82. The molecule has 0 fully saturated rings. The Morgan fingerprint density at radius 3 is 2.12 bits per heavy atom. The van der Waals surface area contributed by atoms with E-state index >= 15 is 4.21 Å². The van der Waals surface area contributed by atoms with Gasteiger partial charge in [0.05, 0.1) is 11.7 Å². The van der Waals surface area contributed by atoms with Gasteiger partial charge in [-0.05, 0) is 84.4 Å². The van der Waals surface area contributed by atoms with Crippen LogP contribution in [0.15, 0.2) is 113 Å². The van der Waals surface area contributed by atoms with Gasteiger partial charge in [-0.15, -0.1) is 0 Å². The van der Waals surface area contributed by atoms with Crippen molar-refractivity contribution in [1.82, 2.24) is 14.5 Å². The van der Waals surface area contributed by atoms with Crippen LogP contribution < -0.4 is 14.8 Å². The van der Waals surface area contributed by atoms with E-state index in [9.17, 15) is 4.79 Å². The number of hydrogen-bond acceptors (Lipinski definition) is 5. The van der Waals surface area contributed by atoms with Gasteiger partial charge in [0.25, 0.3) is 0 Å². The minimum Gasteiger partial charge on any atom is -0.474 e. The number of carbonyl (C=O) groups is 1. The van der Waals surface area contributed by atoms with E-state index in [1.165, 1.54) is 28.5 Å². The summed E-state index contributed by atoms with van der Waals surface area (Å²) < 4.78 is 32.1. The monoisotopic (exact) mass is 657 g/mol. The van der Waals surface area contributed by atoms with E-state index in [2.05, 4.69) is 28.1 Å². The van der Waals surface area contributed by atoms with Gasteiger partial charge in [-0.1, -0.05) is 104 Å². The Kier molecular flexibility index (Phi) is 7.21. The number of ether oxygens (including phenoxy) is 1. The van der Waals surface area contributed by atoms with Gasteiger partial charge in [-0.25, -0.2) is 18.4 Å². The molecule has 3 aliphatic rings. The number of fused-ring (bicyclic) bond motifs is 3. The third-order valence-corrected chi connectivity index (χ3v) is 11.9. The number of aryl methyl sites for hydroxylation is 1. The lowest BCUT2D eigenvalue weighted by Gasteiger charge is -2.33. The molecule has 4 aromatic carbocycles. The normalized spacial score (nSPS) is 18.4. The van der Waals surface area contributed by atoms with Crippen LogP contribution in [-0.4, -0.2) is 26.6 Å². The van der Waals surface area contributed by atoms with E-state index in [1.807, 2.05) is 105 Å². The largest absolute Gasteiger partial charge is 0.474 e. The third-order valence-electron chi connectivity index (χ3n) is 9.98. The molecule has 0 saturated carbocycles. The van der Waals surface area contributed by atoms with Gasteiger partial charge in [-0.3, -0.25) is 0 Å². The van der Waals surface area contributed by atoms with Crippen molar-refractivity contribution in [3.8, 4) is 5.88 Å². The van der Waals surface area contributed by atoms with Gasteiger partial charge in [0.2, 0.25) is 5.88 Å². The molecular weight excluding hydrogens is 619 g/mol. The van der Waals surface area contributed by atoms with Crippen molar-refractivity contribution in [2.24, 2.45) is 4.36 Å². The zero-order valence-electron chi connectivity index (χ0n) is 27.4. The highest BCUT2D eigenvalue weighted by Gasteiger charge is 2.43. The van der Waals surface area contributed by atoms with Crippen molar-refractivity contribution in [3.05, 3.63) is 142 Å². The quantitative estimate of drug-likeness (QED) is 0.175. The Labute approximate surface area is 281 Å². The Morgan fingerprint density at radius 2 is 1.54 bits per heavy atom. The maximum absolute atomic E-state index is 15.9. The minimum absolute atomic E-state index is 0.232. The van der Waals surface area contributed by atoms with Crippen LogP contribution in [-0.2, 0) is 40.3 Å². The van der Waals surface area contributed by atoms with Crippen LogP contribution in [0.4, 0.5) is 10.5 Å². The zero-order chi connectivity index (χ0) is 33.1. The van der Waals surface area contributed by atoms with Crippen molar-refractivity contribution in [2.45, 2.75) is 68.3 Å². The van der Waals surface area contributed by atoms with E-state index in [1.54, 1.807) is 4.68 Å². The first-order valence-electron chi connectivity index (χ1n) is 16.6. The summed E-state index contributed by atoms with van der Waals surface area (Å²) in [7, 11) is -3.80. The molecule has 2 N–H and O–H groups in total. The number of carbonyl (C=O) groups excluding carboxylic acids is 1. The first kappa shape index (κ1) is 30.4. The van der Waals surface area contributed by atoms with Gasteiger partial charge in [0.15, 0.2) is 9.92 Å². The lowest BCUT2D eigenvalue weighted by Crippen LogP contribution is -2.38. The molecule has 244 valence electrons. The Hall–Kier alpha value is -4.89. The number of amides is 2. The molecule has 0 bridgehead atoms. The fourth-order valence-corrected chi connectivity index (χ4v) is 9.49. The van der Waals surface area contributed by atoms with Gasteiger partial charge in [-0.2, -0.15) is 9.46 Å². The van der Waals surface area contributed by atoms with Crippen LogP contribution in [0.25, 0.3) is 0 Å². The molecule has 48 heavy (non-hydrogen) atoms. The summed E-state index contributed by atoms with van der Waals surface area (Å²) in [6, 6.07) is 31.2.